The minimum Gasteiger partial charge on any atom is -0.382 e. The molecular weight excluding hydrogens is 366 g/mol. The molecule has 0 saturated heterocycles. The molecule has 0 aliphatic heterocycles. The van der Waals surface area contributed by atoms with E-state index in [1.165, 1.54) is 32.1 Å². The van der Waals surface area contributed by atoms with Crippen molar-refractivity contribution in [3.05, 3.63) is 52.3 Å². The van der Waals surface area contributed by atoms with Crippen LogP contribution in [0.25, 0.3) is 0 Å². The van der Waals surface area contributed by atoms with Crippen LogP contribution in [0.4, 0.5) is 11.4 Å². The normalized spacial score (nSPS) is 15.1. The number of hydrogen-bond donors (Lipinski definition) is 2. The minimum absolute atomic E-state index is 0.202. The van der Waals surface area contributed by atoms with Crippen LogP contribution < -0.4 is 10.6 Å². The smallest absolute Gasteiger partial charge is 0.274 e. The van der Waals surface area contributed by atoms with Gasteiger partial charge in [-0.05, 0) is 65.5 Å². The number of benzene rings is 1. The Balaban J connectivity index is 1.69. The third-order valence-corrected chi connectivity index (χ3v) is 5.00. The van der Waals surface area contributed by atoms with Gasteiger partial charge in [0.2, 0.25) is 0 Å². The zero-order valence-electron chi connectivity index (χ0n) is 13.8. The third-order valence-electron chi connectivity index (χ3n) is 4.34. The van der Waals surface area contributed by atoms with Gasteiger partial charge in [-0.2, -0.15) is 0 Å². The van der Waals surface area contributed by atoms with E-state index < -0.39 is 0 Å². The molecule has 2 N–H and O–H groups in total. The van der Waals surface area contributed by atoms with Crippen molar-refractivity contribution in [1.29, 1.82) is 0 Å². The van der Waals surface area contributed by atoms with Gasteiger partial charge in [0, 0.05) is 22.4 Å². The van der Waals surface area contributed by atoms with E-state index in [9.17, 15) is 4.79 Å². The zero-order chi connectivity index (χ0) is 16.9. The van der Waals surface area contributed by atoms with Crippen molar-refractivity contribution in [3.63, 3.8) is 0 Å². The Kier molecular flexibility index (Phi) is 5.51. The molecule has 1 heterocycles. The molecule has 0 bridgehead atoms. The number of hydrogen-bond acceptors (Lipinski definition) is 3. The van der Waals surface area contributed by atoms with E-state index in [1.807, 2.05) is 37.3 Å². The fourth-order valence-electron chi connectivity index (χ4n) is 3.03. The SMILES string of the molecule is Cc1ccc(NC(=O)c2cc(NC3CCCCC3)ccn2)c(Br)c1. The molecule has 126 valence electrons. The van der Waals surface area contributed by atoms with Crippen LogP contribution >= 0.6 is 15.9 Å². The summed E-state index contributed by atoms with van der Waals surface area (Å²) in [4.78, 5) is 16.7. The van der Waals surface area contributed by atoms with Crippen molar-refractivity contribution >= 4 is 33.2 Å². The van der Waals surface area contributed by atoms with Crippen LogP contribution in [0.2, 0.25) is 0 Å². The molecular formula is C19H22BrN3O. The van der Waals surface area contributed by atoms with Crippen molar-refractivity contribution in [2.24, 2.45) is 0 Å². The number of pyridine rings is 1. The van der Waals surface area contributed by atoms with Gasteiger partial charge in [-0.25, -0.2) is 0 Å². The molecule has 1 aromatic carbocycles. The monoisotopic (exact) mass is 387 g/mol. The number of carbonyl (C=O) groups is 1. The lowest BCUT2D eigenvalue weighted by Crippen LogP contribution is -2.22. The fourth-order valence-corrected chi connectivity index (χ4v) is 3.63. The number of carbonyl (C=O) groups excluding carboxylic acids is 1. The third kappa shape index (κ3) is 4.35. The van der Waals surface area contributed by atoms with E-state index in [0.29, 0.717) is 11.7 Å². The van der Waals surface area contributed by atoms with E-state index in [2.05, 4.69) is 31.5 Å². The number of nitrogens with zero attached hydrogens (tertiary/aromatic N) is 1. The molecule has 1 aliphatic rings. The predicted octanol–water partition coefficient (Wildman–Crippen LogP) is 5.15. The van der Waals surface area contributed by atoms with Gasteiger partial charge in [0.25, 0.3) is 5.91 Å². The zero-order valence-corrected chi connectivity index (χ0v) is 15.4. The highest BCUT2D eigenvalue weighted by atomic mass is 79.9. The molecule has 3 rings (SSSR count). The molecule has 0 unspecified atom stereocenters. The van der Waals surface area contributed by atoms with Gasteiger partial charge in [-0.15, -0.1) is 0 Å². The summed E-state index contributed by atoms with van der Waals surface area (Å²) in [6.07, 6.45) is 7.95. The molecule has 1 fully saturated rings. The Morgan fingerprint density at radius 3 is 2.71 bits per heavy atom. The highest BCUT2D eigenvalue weighted by Crippen LogP contribution is 2.25. The molecule has 0 radical (unpaired) electrons. The van der Waals surface area contributed by atoms with Gasteiger partial charge in [0.1, 0.15) is 5.69 Å². The molecule has 2 aromatic rings. The number of halogens is 1. The summed E-state index contributed by atoms with van der Waals surface area (Å²) < 4.78 is 0.868. The van der Waals surface area contributed by atoms with Crippen LogP contribution in [0.3, 0.4) is 0 Å². The lowest BCUT2D eigenvalue weighted by atomic mass is 9.95. The van der Waals surface area contributed by atoms with E-state index in [4.69, 9.17) is 0 Å². The van der Waals surface area contributed by atoms with Crippen molar-refractivity contribution in [2.45, 2.75) is 45.1 Å². The Labute approximate surface area is 151 Å². The lowest BCUT2D eigenvalue weighted by Gasteiger charge is -2.23. The van der Waals surface area contributed by atoms with Gasteiger partial charge in [0.15, 0.2) is 0 Å². The Hall–Kier alpha value is -1.88. The van der Waals surface area contributed by atoms with Gasteiger partial charge in [-0.3, -0.25) is 9.78 Å². The highest BCUT2D eigenvalue weighted by Gasteiger charge is 2.15. The van der Waals surface area contributed by atoms with Gasteiger partial charge in [0.05, 0.1) is 5.69 Å². The standard InChI is InChI=1S/C19H22BrN3O/c1-13-7-8-17(16(20)11-13)23-19(24)18-12-15(9-10-21-18)22-14-5-3-2-4-6-14/h7-12,14H,2-6H2,1H3,(H,21,22)(H,23,24). The van der Waals surface area contributed by atoms with Crippen molar-refractivity contribution < 1.29 is 4.79 Å². The second-order valence-corrected chi connectivity index (χ2v) is 7.20. The number of nitrogens with one attached hydrogen (secondary N) is 2. The molecule has 4 nitrogen and oxygen atoms in total. The predicted molar refractivity (Wildman–Crippen MR) is 102 cm³/mol. The van der Waals surface area contributed by atoms with E-state index in [0.717, 1.165) is 21.4 Å². The van der Waals surface area contributed by atoms with Crippen molar-refractivity contribution in [1.82, 2.24) is 4.98 Å². The number of amides is 1. The summed E-state index contributed by atoms with van der Waals surface area (Å²) in [5.41, 5.74) is 3.27. The van der Waals surface area contributed by atoms with Crippen LogP contribution in [0.1, 0.15) is 48.2 Å². The van der Waals surface area contributed by atoms with Crippen LogP contribution in [-0.4, -0.2) is 16.9 Å². The van der Waals surface area contributed by atoms with Crippen LogP contribution in [-0.2, 0) is 0 Å². The van der Waals surface area contributed by atoms with Gasteiger partial charge in [-0.1, -0.05) is 25.3 Å². The number of aryl methyl sites for hydroxylation is 1. The quantitative estimate of drug-likeness (QED) is 0.762. The second-order valence-electron chi connectivity index (χ2n) is 6.35. The molecule has 24 heavy (non-hydrogen) atoms. The first-order chi connectivity index (χ1) is 11.6. The Bertz CT molecular complexity index is 726. The Morgan fingerprint density at radius 1 is 1.17 bits per heavy atom. The van der Waals surface area contributed by atoms with Crippen molar-refractivity contribution in [2.75, 3.05) is 10.6 Å². The maximum absolute atomic E-state index is 12.5. The molecule has 1 aromatic heterocycles. The minimum atomic E-state index is -0.202. The summed E-state index contributed by atoms with van der Waals surface area (Å²) in [7, 11) is 0. The second kappa shape index (κ2) is 7.79. The van der Waals surface area contributed by atoms with Crippen LogP contribution in [0.15, 0.2) is 41.0 Å². The van der Waals surface area contributed by atoms with Crippen LogP contribution in [0.5, 0.6) is 0 Å². The summed E-state index contributed by atoms with van der Waals surface area (Å²) in [5.74, 6) is -0.202. The highest BCUT2D eigenvalue weighted by molar-refractivity contribution is 9.10. The van der Waals surface area contributed by atoms with E-state index >= 15 is 0 Å². The topological polar surface area (TPSA) is 54.0 Å². The first kappa shape index (κ1) is 17.0. The summed E-state index contributed by atoms with van der Waals surface area (Å²) in [5, 5.41) is 6.44. The maximum atomic E-state index is 12.5. The van der Waals surface area contributed by atoms with Crippen LogP contribution in [0, 0.1) is 6.92 Å². The Morgan fingerprint density at radius 2 is 1.96 bits per heavy atom. The number of aromatic nitrogens is 1. The lowest BCUT2D eigenvalue weighted by molar-refractivity contribution is 0.102. The molecule has 5 heteroatoms. The number of anilines is 2. The molecule has 1 saturated carbocycles. The van der Waals surface area contributed by atoms with E-state index in [-0.39, 0.29) is 5.91 Å². The molecule has 1 amide bonds. The summed E-state index contributed by atoms with van der Waals surface area (Å²) >= 11 is 3.48. The fraction of sp³-hybridized carbons (Fsp3) is 0.368. The van der Waals surface area contributed by atoms with Gasteiger partial charge >= 0.3 is 0 Å². The maximum Gasteiger partial charge on any atom is 0.274 e. The molecule has 0 spiro atoms. The first-order valence-electron chi connectivity index (χ1n) is 8.42. The molecule has 0 atom stereocenters. The average molecular weight is 388 g/mol. The summed E-state index contributed by atoms with van der Waals surface area (Å²) in [6, 6.07) is 10.1. The van der Waals surface area contributed by atoms with Crippen molar-refractivity contribution in [3.8, 4) is 0 Å². The average Bonchev–Trinajstić information content (AvgIpc) is 2.58. The molecule has 1 aliphatic carbocycles. The number of rotatable bonds is 4. The largest absolute Gasteiger partial charge is 0.382 e. The van der Waals surface area contributed by atoms with E-state index in [1.54, 1.807) is 6.20 Å². The summed E-state index contributed by atoms with van der Waals surface area (Å²) in [6.45, 7) is 2.01. The first-order valence-corrected chi connectivity index (χ1v) is 9.21. The van der Waals surface area contributed by atoms with Gasteiger partial charge < -0.3 is 10.6 Å².